The first-order valence-electron chi connectivity index (χ1n) is 8.11. The van der Waals surface area contributed by atoms with Gasteiger partial charge in [-0.1, -0.05) is 12.1 Å². The van der Waals surface area contributed by atoms with Crippen LogP contribution in [0.25, 0.3) is 0 Å². The van der Waals surface area contributed by atoms with Crippen LogP contribution in [0.15, 0.2) is 41.1 Å². The second-order valence-corrected chi connectivity index (χ2v) is 6.81. The first-order chi connectivity index (χ1) is 11.6. The monoisotopic (exact) mass is 348 g/mol. The third-order valence-corrected chi connectivity index (χ3v) is 4.99. The number of thiophene rings is 1. The number of hydrogen-bond donors (Lipinski definition) is 1. The summed E-state index contributed by atoms with van der Waals surface area (Å²) in [6.45, 7) is 3.35. The van der Waals surface area contributed by atoms with Crippen LogP contribution in [0.1, 0.15) is 28.4 Å². The maximum Gasteiger partial charge on any atom is 0.254 e. The third-order valence-electron chi connectivity index (χ3n) is 4.31. The summed E-state index contributed by atoms with van der Waals surface area (Å²) in [5.41, 5.74) is 1.33. The molecule has 24 heavy (non-hydrogen) atoms. The Bertz CT molecular complexity index is 677. The van der Waals surface area contributed by atoms with E-state index in [1.54, 1.807) is 12.1 Å². The van der Waals surface area contributed by atoms with Crippen LogP contribution in [0.5, 0.6) is 0 Å². The maximum absolute atomic E-state index is 13.3. The Kier molecular flexibility index (Phi) is 5.60. The Morgan fingerprint density at radius 2 is 2.12 bits per heavy atom. The number of hydrogen-bond acceptors (Lipinski definition) is 4. The molecule has 0 aliphatic carbocycles. The molecule has 0 radical (unpaired) electrons. The van der Waals surface area contributed by atoms with Crippen molar-refractivity contribution in [2.45, 2.75) is 12.5 Å². The van der Waals surface area contributed by atoms with E-state index in [0.717, 1.165) is 25.1 Å². The Morgan fingerprint density at radius 3 is 2.88 bits per heavy atom. The Labute approximate surface area is 145 Å². The van der Waals surface area contributed by atoms with E-state index in [1.165, 1.54) is 23.5 Å². The van der Waals surface area contributed by atoms with E-state index in [2.05, 4.69) is 4.90 Å². The molecule has 2 aromatic rings. The maximum atomic E-state index is 13.3. The van der Waals surface area contributed by atoms with Gasteiger partial charge in [0.15, 0.2) is 0 Å². The van der Waals surface area contributed by atoms with Crippen molar-refractivity contribution in [1.29, 1.82) is 0 Å². The van der Waals surface area contributed by atoms with Gasteiger partial charge in [0, 0.05) is 38.1 Å². The van der Waals surface area contributed by atoms with Crippen molar-refractivity contribution in [3.8, 4) is 0 Å². The van der Waals surface area contributed by atoms with E-state index in [-0.39, 0.29) is 11.7 Å². The molecule has 1 aliphatic rings. The van der Waals surface area contributed by atoms with Gasteiger partial charge in [-0.25, -0.2) is 4.39 Å². The van der Waals surface area contributed by atoms with E-state index >= 15 is 0 Å². The zero-order valence-corrected chi connectivity index (χ0v) is 14.2. The highest BCUT2D eigenvalue weighted by Crippen LogP contribution is 2.17. The van der Waals surface area contributed by atoms with Gasteiger partial charge in [-0.2, -0.15) is 11.3 Å². The van der Waals surface area contributed by atoms with Gasteiger partial charge < -0.3 is 10.0 Å². The van der Waals surface area contributed by atoms with Crippen molar-refractivity contribution in [3.05, 3.63) is 58.0 Å². The quantitative estimate of drug-likeness (QED) is 0.924. The molecule has 1 aromatic carbocycles. The topological polar surface area (TPSA) is 43.8 Å². The van der Waals surface area contributed by atoms with Gasteiger partial charge >= 0.3 is 0 Å². The molecule has 1 atom stereocenters. The lowest BCUT2D eigenvalue weighted by atomic mass is 10.1. The zero-order chi connectivity index (χ0) is 16.9. The Hall–Kier alpha value is -1.76. The van der Waals surface area contributed by atoms with E-state index in [9.17, 15) is 14.3 Å². The molecule has 0 saturated carbocycles. The molecule has 1 aliphatic heterocycles. The van der Waals surface area contributed by atoms with Crippen LogP contribution in [-0.2, 0) is 0 Å². The van der Waals surface area contributed by atoms with Crippen molar-refractivity contribution in [2.24, 2.45) is 0 Å². The van der Waals surface area contributed by atoms with Crippen LogP contribution in [0.3, 0.4) is 0 Å². The van der Waals surface area contributed by atoms with Crippen LogP contribution in [0, 0.1) is 5.82 Å². The smallest absolute Gasteiger partial charge is 0.254 e. The second kappa shape index (κ2) is 7.88. The van der Waals surface area contributed by atoms with E-state index in [1.807, 2.05) is 21.7 Å². The molecule has 1 aromatic heterocycles. The average Bonchev–Trinajstić information content (AvgIpc) is 3.02. The number of rotatable bonds is 4. The van der Waals surface area contributed by atoms with Crippen LogP contribution in [-0.4, -0.2) is 53.5 Å². The Balaban J connectivity index is 1.56. The van der Waals surface area contributed by atoms with Gasteiger partial charge in [0.05, 0.1) is 11.7 Å². The van der Waals surface area contributed by atoms with Crippen molar-refractivity contribution in [2.75, 3.05) is 32.7 Å². The SMILES string of the molecule is O=C(c1ccsc1)N1CCCN(C[C@@H](O)c2cccc(F)c2)CC1. The molecule has 1 amide bonds. The summed E-state index contributed by atoms with van der Waals surface area (Å²) in [4.78, 5) is 16.4. The van der Waals surface area contributed by atoms with Crippen molar-refractivity contribution in [1.82, 2.24) is 9.80 Å². The minimum absolute atomic E-state index is 0.0729. The molecule has 0 unspecified atom stereocenters. The lowest BCUT2D eigenvalue weighted by molar-refractivity contribution is 0.0755. The highest BCUT2D eigenvalue weighted by Gasteiger charge is 2.22. The first-order valence-corrected chi connectivity index (χ1v) is 9.05. The molecule has 6 heteroatoms. The first kappa shape index (κ1) is 17.1. The van der Waals surface area contributed by atoms with Gasteiger partial charge in [-0.15, -0.1) is 0 Å². The Morgan fingerprint density at radius 1 is 1.25 bits per heavy atom. The largest absolute Gasteiger partial charge is 0.387 e. The average molecular weight is 348 g/mol. The van der Waals surface area contributed by atoms with Crippen LogP contribution < -0.4 is 0 Å². The molecule has 3 rings (SSSR count). The minimum Gasteiger partial charge on any atom is -0.387 e. The molecule has 128 valence electrons. The summed E-state index contributed by atoms with van der Waals surface area (Å²) < 4.78 is 13.3. The van der Waals surface area contributed by atoms with Gasteiger partial charge in [0.1, 0.15) is 5.82 Å². The molecular formula is C18H21FN2O2S. The fourth-order valence-electron chi connectivity index (χ4n) is 2.99. The molecule has 1 saturated heterocycles. The van der Waals surface area contributed by atoms with Crippen LogP contribution >= 0.6 is 11.3 Å². The third kappa shape index (κ3) is 4.20. The predicted octanol–water partition coefficient (Wildman–Crippen LogP) is 2.77. The fourth-order valence-corrected chi connectivity index (χ4v) is 3.62. The zero-order valence-electron chi connectivity index (χ0n) is 13.4. The number of amides is 1. The molecule has 2 heterocycles. The number of aliphatic hydroxyl groups is 1. The molecule has 1 N–H and O–H groups in total. The second-order valence-electron chi connectivity index (χ2n) is 6.03. The van der Waals surface area contributed by atoms with Crippen LogP contribution in [0.4, 0.5) is 4.39 Å². The molecule has 0 spiro atoms. The molecule has 0 bridgehead atoms. The van der Waals surface area contributed by atoms with Crippen molar-refractivity contribution in [3.63, 3.8) is 0 Å². The van der Waals surface area contributed by atoms with E-state index in [0.29, 0.717) is 25.2 Å². The summed E-state index contributed by atoms with van der Waals surface area (Å²) in [5, 5.41) is 14.1. The standard InChI is InChI=1S/C18H21FN2O2S/c19-16-4-1-3-14(11-16)17(22)12-20-6-2-7-21(9-8-20)18(23)15-5-10-24-13-15/h1,3-5,10-11,13,17,22H,2,6-9,12H2/t17-/m1/s1. The highest BCUT2D eigenvalue weighted by molar-refractivity contribution is 7.08. The number of benzene rings is 1. The lowest BCUT2D eigenvalue weighted by Gasteiger charge is -2.24. The summed E-state index contributed by atoms with van der Waals surface area (Å²) in [6.07, 6.45) is 0.144. The highest BCUT2D eigenvalue weighted by atomic mass is 32.1. The number of nitrogens with zero attached hydrogens (tertiary/aromatic N) is 2. The predicted molar refractivity (Wildman–Crippen MR) is 92.6 cm³/mol. The van der Waals surface area contributed by atoms with E-state index < -0.39 is 6.10 Å². The number of aliphatic hydroxyl groups excluding tert-OH is 1. The van der Waals surface area contributed by atoms with Crippen molar-refractivity contribution < 1.29 is 14.3 Å². The summed E-state index contributed by atoms with van der Waals surface area (Å²) >= 11 is 1.52. The number of carbonyl (C=O) groups excluding carboxylic acids is 1. The van der Waals surface area contributed by atoms with Gasteiger partial charge in [0.2, 0.25) is 0 Å². The number of halogens is 1. The van der Waals surface area contributed by atoms with E-state index in [4.69, 9.17) is 0 Å². The van der Waals surface area contributed by atoms with Gasteiger partial charge in [-0.05, 0) is 35.6 Å². The fraction of sp³-hybridized carbons (Fsp3) is 0.389. The van der Waals surface area contributed by atoms with Gasteiger partial charge in [-0.3, -0.25) is 9.69 Å². The molecule has 1 fully saturated rings. The minimum atomic E-state index is -0.722. The van der Waals surface area contributed by atoms with Crippen LogP contribution in [0.2, 0.25) is 0 Å². The summed E-state index contributed by atoms with van der Waals surface area (Å²) in [7, 11) is 0. The van der Waals surface area contributed by atoms with Gasteiger partial charge in [0.25, 0.3) is 5.91 Å². The summed E-state index contributed by atoms with van der Waals surface area (Å²) in [5.74, 6) is -0.265. The molecular weight excluding hydrogens is 327 g/mol. The number of carbonyl (C=O) groups is 1. The lowest BCUT2D eigenvalue weighted by Crippen LogP contribution is -2.36. The summed E-state index contributed by atoms with van der Waals surface area (Å²) in [6, 6.07) is 7.93. The normalized spacial score (nSPS) is 17.5. The number of β-amino-alcohol motifs (C(OH)–C–C–N with tert-alkyl or cyclic N) is 1. The molecule has 4 nitrogen and oxygen atoms in total. The van der Waals surface area contributed by atoms with Crippen molar-refractivity contribution >= 4 is 17.2 Å².